The van der Waals surface area contributed by atoms with Gasteiger partial charge >= 0.3 is 0 Å². The SMILES string of the molecule is CC(C)N1CCNC(=O)[C@H]1CC(=O)N1CCN(c2ccccc2)C(=O)C1. The van der Waals surface area contributed by atoms with Crippen molar-refractivity contribution in [2.45, 2.75) is 32.4 Å². The Morgan fingerprint density at radius 2 is 1.88 bits per heavy atom. The number of carbonyl (C=O) groups is 3. The van der Waals surface area contributed by atoms with Crippen LogP contribution >= 0.6 is 0 Å². The van der Waals surface area contributed by atoms with Gasteiger partial charge in [-0.15, -0.1) is 0 Å². The van der Waals surface area contributed by atoms with Crippen LogP contribution < -0.4 is 10.2 Å². The number of amides is 3. The summed E-state index contributed by atoms with van der Waals surface area (Å²) in [4.78, 5) is 42.8. The molecule has 7 nitrogen and oxygen atoms in total. The van der Waals surface area contributed by atoms with Gasteiger partial charge in [0.2, 0.25) is 17.7 Å². The van der Waals surface area contributed by atoms with Crippen LogP contribution in [-0.4, -0.2) is 72.3 Å². The molecule has 0 radical (unpaired) electrons. The highest BCUT2D eigenvalue weighted by molar-refractivity contribution is 5.98. The van der Waals surface area contributed by atoms with Crippen molar-refractivity contribution in [2.75, 3.05) is 37.6 Å². The van der Waals surface area contributed by atoms with Gasteiger partial charge in [0.1, 0.15) is 6.54 Å². The zero-order valence-electron chi connectivity index (χ0n) is 15.4. The summed E-state index contributed by atoms with van der Waals surface area (Å²) in [6.07, 6.45) is 0.114. The first kappa shape index (κ1) is 18.4. The number of benzene rings is 1. The van der Waals surface area contributed by atoms with Crippen LogP contribution in [0.2, 0.25) is 0 Å². The zero-order valence-corrected chi connectivity index (χ0v) is 15.4. The predicted molar refractivity (Wildman–Crippen MR) is 98.6 cm³/mol. The first-order chi connectivity index (χ1) is 12.5. The second-order valence-corrected chi connectivity index (χ2v) is 7.04. The second kappa shape index (κ2) is 7.86. The van der Waals surface area contributed by atoms with Crippen LogP contribution in [0, 0.1) is 0 Å². The number of hydrogen-bond acceptors (Lipinski definition) is 4. The Labute approximate surface area is 153 Å². The molecular weight excluding hydrogens is 332 g/mol. The lowest BCUT2D eigenvalue weighted by Gasteiger charge is -2.39. The van der Waals surface area contributed by atoms with Crippen LogP contribution in [0.4, 0.5) is 5.69 Å². The van der Waals surface area contributed by atoms with Gasteiger partial charge in [-0.1, -0.05) is 18.2 Å². The van der Waals surface area contributed by atoms with E-state index in [1.165, 1.54) is 0 Å². The summed E-state index contributed by atoms with van der Waals surface area (Å²) in [5.74, 6) is -0.337. The summed E-state index contributed by atoms with van der Waals surface area (Å²) < 4.78 is 0. The quantitative estimate of drug-likeness (QED) is 0.849. The molecule has 1 aromatic rings. The molecule has 0 saturated carbocycles. The molecule has 0 spiro atoms. The summed E-state index contributed by atoms with van der Waals surface area (Å²) in [7, 11) is 0. The monoisotopic (exact) mass is 358 g/mol. The Morgan fingerprint density at radius 3 is 2.54 bits per heavy atom. The van der Waals surface area contributed by atoms with Crippen LogP contribution in [0.5, 0.6) is 0 Å². The maximum absolute atomic E-state index is 12.7. The molecule has 2 heterocycles. The number of nitrogens with zero attached hydrogens (tertiary/aromatic N) is 3. The van der Waals surface area contributed by atoms with Gasteiger partial charge in [0, 0.05) is 37.9 Å². The van der Waals surface area contributed by atoms with E-state index in [0.717, 1.165) is 12.2 Å². The minimum absolute atomic E-state index is 0.0593. The highest BCUT2D eigenvalue weighted by Gasteiger charge is 2.36. The zero-order chi connectivity index (χ0) is 18.7. The Balaban J connectivity index is 1.62. The molecule has 2 saturated heterocycles. The molecule has 0 bridgehead atoms. The summed E-state index contributed by atoms with van der Waals surface area (Å²) in [6.45, 7) is 6.41. The topological polar surface area (TPSA) is 73.0 Å². The smallest absolute Gasteiger partial charge is 0.246 e. The van der Waals surface area contributed by atoms with Crippen molar-refractivity contribution >= 4 is 23.4 Å². The van der Waals surface area contributed by atoms with Gasteiger partial charge in [-0.2, -0.15) is 0 Å². The van der Waals surface area contributed by atoms with E-state index in [2.05, 4.69) is 10.2 Å². The third-order valence-corrected chi connectivity index (χ3v) is 5.04. The lowest BCUT2D eigenvalue weighted by Crippen LogP contribution is -2.59. The fourth-order valence-corrected chi connectivity index (χ4v) is 3.62. The van der Waals surface area contributed by atoms with Gasteiger partial charge in [0.25, 0.3) is 0 Å². The third-order valence-electron chi connectivity index (χ3n) is 5.04. The molecule has 0 aromatic heterocycles. The third kappa shape index (κ3) is 3.88. The van der Waals surface area contributed by atoms with Crippen LogP contribution in [0.25, 0.3) is 0 Å². The molecule has 0 aliphatic carbocycles. The molecule has 1 atom stereocenters. The van der Waals surface area contributed by atoms with E-state index in [4.69, 9.17) is 0 Å². The van der Waals surface area contributed by atoms with E-state index in [9.17, 15) is 14.4 Å². The normalized spacial score (nSPS) is 21.9. The molecule has 3 amide bonds. The first-order valence-electron chi connectivity index (χ1n) is 9.14. The maximum atomic E-state index is 12.7. The average molecular weight is 358 g/mol. The second-order valence-electron chi connectivity index (χ2n) is 7.04. The van der Waals surface area contributed by atoms with Crippen molar-refractivity contribution in [1.29, 1.82) is 0 Å². The molecule has 26 heavy (non-hydrogen) atoms. The number of hydrogen-bond donors (Lipinski definition) is 1. The van der Waals surface area contributed by atoms with E-state index in [0.29, 0.717) is 19.6 Å². The molecule has 1 N–H and O–H groups in total. The molecule has 7 heteroatoms. The first-order valence-corrected chi connectivity index (χ1v) is 9.14. The lowest BCUT2D eigenvalue weighted by atomic mass is 10.1. The minimum atomic E-state index is -0.460. The number of carbonyl (C=O) groups excluding carboxylic acids is 3. The molecule has 2 aliphatic heterocycles. The van der Waals surface area contributed by atoms with Crippen molar-refractivity contribution in [3.05, 3.63) is 30.3 Å². The summed E-state index contributed by atoms with van der Waals surface area (Å²) in [5.41, 5.74) is 0.849. The van der Waals surface area contributed by atoms with Crippen molar-refractivity contribution in [3.63, 3.8) is 0 Å². The molecular formula is C19H26N4O3. The molecule has 1 aromatic carbocycles. The maximum Gasteiger partial charge on any atom is 0.246 e. The van der Waals surface area contributed by atoms with E-state index in [-0.39, 0.29) is 36.7 Å². The van der Waals surface area contributed by atoms with Crippen LogP contribution in [-0.2, 0) is 14.4 Å². The Kier molecular flexibility index (Phi) is 5.56. The number of nitrogens with one attached hydrogen (secondary N) is 1. The van der Waals surface area contributed by atoms with Crippen molar-refractivity contribution < 1.29 is 14.4 Å². The highest BCUT2D eigenvalue weighted by atomic mass is 16.2. The van der Waals surface area contributed by atoms with Crippen LogP contribution in [0.1, 0.15) is 20.3 Å². The number of para-hydroxylation sites is 1. The summed E-state index contributed by atoms with van der Waals surface area (Å²) in [6, 6.07) is 9.20. The van der Waals surface area contributed by atoms with Gasteiger partial charge in [-0.3, -0.25) is 19.3 Å². The molecule has 2 aliphatic rings. The molecule has 0 unspecified atom stereocenters. The van der Waals surface area contributed by atoms with Crippen molar-refractivity contribution in [1.82, 2.24) is 15.1 Å². The van der Waals surface area contributed by atoms with E-state index in [1.54, 1.807) is 9.80 Å². The van der Waals surface area contributed by atoms with E-state index < -0.39 is 6.04 Å². The van der Waals surface area contributed by atoms with Crippen molar-refractivity contribution in [2.24, 2.45) is 0 Å². The average Bonchev–Trinajstić information content (AvgIpc) is 2.63. The minimum Gasteiger partial charge on any atom is -0.353 e. The number of anilines is 1. The summed E-state index contributed by atoms with van der Waals surface area (Å²) >= 11 is 0. The Morgan fingerprint density at radius 1 is 1.15 bits per heavy atom. The van der Waals surface area contributed by atoms with Gasteiger partial charge in [0.05, 0.1) is 12.5 Å². The summed E-state index contributed by atoms with van der Waals surface area (Å²) in [5, 5.41) is 2.84. The largest absolute Gasteiger partial charge is 0.353 e. The van der Waals surface area contributed by atoms with Crippen LogP contribution in [0.3, 0.4) is 0 Å². The standard InChI is InChI=1S/C19H26N4O3/c1-14(2)22-9-8-20-19(26)16(22)12-17(24)21-10-11-23(18(25)13-21)15-6-4-3-5-7-15/h3-7,14,16H,8-13H2,1-2H3,(H,20,26)/t16-/m1/s1. The lowest BCUT2D eigenvalue weighted by molar-refractivity contribution is -0.142. The Bertz CT molecular complexity index is 677. The van der Waals surface area contributed by atoms with E-state index in [1.807, 2.05) is 44.2 Å². The Hall–Kier alpha value is -2.41. The number of piperazine rings is 2. The van der Waals surface area contributed by atoms with Crippen molar-refractivity contribution in [3.8, 4) is 0 Å². The molecule has 3 rings (SSSR count). The highest BCUT2D eigenvalue weighted by Crippen LogP contribution is 2.19. The predicted octanol–water partition coefficient (Wildman–Crippen LogP) is 0.461. The van der Waals surface area contributed by atoms with Crippen LogP contribution in [0.15, 0.2) is 30.3 Å². The fraction of sp³-hybridized carbons (Fsp3) is 0.526. The van der Waals surface area contributed by atoms with Gasteiger partial charge in [-0.05, 0) is 26.0 Å². The molecule has 2 fully saturated rings. The van der Waals surface area contributed by atoms with Gasteiger partial charge in [0.15, 0.2) is 0 Å². The van der Waals surface area contributed by atoms with Gasteiger partial charge in [-0.25, -0.2) is 0 Å². The number of rotatable bonds is 4. The van der Waals surface area contributed by atoms with E-state index >= 15 is 0 Å². The molecule has 140 valence electrons. The van der Waals surface area contributed by atoms with Gasteiger partial charge < -0.3 is 15.1 Å². The fourth-order valence-electron chi connectivity index (χ4n) is 3.62.